The van der Waals surface area contributed by atoms with Crippen molar-refractivity contribution >= 4 is 17.5 Å². The third kappa shape index (κ3) is 7.32. The van der Waals surface area contributed by atoms with E-state index in [-0.39, 0.29) is 23.7 Å². The van der Waals surface area contributed by atoms with E-state index in [9.17, 15) is 14.7 Å². The average molecular weight is 403 g/mol. The number of ether oxygens (including phenoxy) is 2. The molecule has 0 fully saturated rings. The molecule has 29 heavy (non-hydrogen) atoms. The summed E-state index contributed by atoms with van der Waals surface area (Å²) in [6.45, 7) is 3.46. The molecule has 5 heteroatoms. The van der Waals surface area contributed by atoms with Crippen LogP contribution in [0.1, 0.15) is 83.6 Å². The molecule has 0 aliphatic carbocycles. The Bertz CT molecular complexity index is 690. The number of unbranched alkanes of at least 4 members (excludes halogenated alkanes) is 8. The van der Waals surface area contributed by atoms with Crippen molar-refractivity contribution in [2.75, 3.05) is 6.61 Å². The summed E-state index contributed by atoms with van der Waals surface area (Å²) in [7, 11) is 0. The SMILES string of the molecule is CCCCCCCCCCCC(=O)OCC1=C(c2ccccc2)C(=O)OC1(C)O. The fourth-order valence-corrected chi connectivity index (χ4v) is 3.56. The summed E-state index contributed by atoms with van der Waals surface area (Å²) in [6, 6.07) is 8.98. The highest BCUT2D eigenvalue weighted by molar-refractivity contribution is 6.20. The lowest BCUT2D eigenvalue weighted by Crippen LogP contribution is -2.29. The zero-order valence-electron chi connectivity index (χ0n) is 17.7. The molecule has 1 aliphatic rings. The first kappa shape index (κ1) is 23.1. The second-order valence-corrected chi connectivity index (χ2v) is 7.83. The van der Waals surface area contributed by atoms with E-state index < -0.39 is 11.8 Å². The third-order valence-corrected chi connectivity index (χ3v) is 5.28. The summed E-state index contributed by atoms with van der Waals surface area (Å²) in [5.74, 6) is -2.69. The van der Waals surface area contributed by atoms with Gasteiger partial charge in [0.25, 0.3) is 0 Å². The fourth-order valence-electron chi connectivity index (χ4n) is 3.56. The van der Waals surface area contributed by atoms with E-state index in [0.29, 0.717) is 12.0 Å². The molecule has 1 unspecified atom stereocenters. The minimum absolute atomic E-state index is 0.154. The molecule has 1 atom stereocenters. The number of hydrogen-bond donors (Lipinski definition) is 1. The van der Waals surface area contributed by atoms with Gasteiger partial charge in [-0.1, -0.05) is 88.6 Å². The molecule has 1 N–H and O–H groups in total. The molecule has 160 valence electrons. The third-order valence-electron chi connectivity index (χ3n) is 5.28. The van der Waals surface area contributed by atoms with Gasteiger partial charge in [0, 0.05) is 13.3 Å². The van der Waals surface area contributed by atoms with Crippen molar-refractivity contribution in [1.82, 2.24) is 0 Å². The van der Waals surface area contributed by atoms with Gasteiger partial charge in [0.15, 0.2) is 0 Å². The van der Waals surface area contributed by atoms with Crippen molar-refractivity contribution in [3.8, 4) is 0 Å². The van der Waals surface area contributed by atoms with Gasteiger partial charge >= 0.3 is 11.9 Å². The van der Waals surface area contributed by atoms with Crippen LogP contribution in [0.4, 0.5) is 0 Å². The van der Waals surface area contributed by atoms with Gasteiger partial charge in [-0.25, -0.2) is 4.79 Å². The van der Waals surface area contributed by atoms with E-state index in [1.165, 1.54) is 45.4 Å². The van der Waals surface area contributed by atoms with Crippen LogP contribution >= 0.6 is 0 Å². The summed E-state index contributed by atoms with van der Waals surface area (Å²) in [5.41, 5.74) is 1.20. The smallest absolute Gasteiger partial charge is 0.341 e. The molecule has 1 aromatic carbocycles. The monoisotopic (exact) mass is 402 g/mol. The lowest BCUT2D eigenvalue weighted by molar-refractivity contribution is -0.176. The van der Waals surface area contributed by atoms with Crippen molar-refractivity contribution in [3.05, 3.63) is 41.5 Å². The predicted molar refractivity (Wildman–Crippen MR) is 113 cm³/mol. The molecule has 0 spiro atoms. The molecule has 5 nitrogen and oxygen atoms in total. The Kier molecular flexibility index (Phi) is 9.39. The van der Waals surface area contributed by atoms with Crippen molar-refractivity contribution < 1.29 is 24.2 Å². The molecule has 0 aromatic heterocycles. The summed E-state index contributed by atoms with van der Waals surface area (Å²) in [5, 5.41) is 10.4. The molecule has 0 saturated heterocycles. The number of benzene rings is 1. The Morgan fingerprint density at radius 3 is 2.21 bits per heavy atom. The van der Waals surface area contributed by atoms with Gasteiger partial charge in [0.05, 0.1) is 11.1 Å². The first-order chi connectivity index (χ1) is 14.0. The Morgan fingerprint density at radius 1 is 1.00 bits per heavy atom. The molecule has 2 rings (SSSR count). The maximum Gasteiger partial charge on any atom is 0.341 e. The highest BCUT2D eigenvalue weighted by Gasteiger charge is 2.43. The predicted octanol–water partition coefficient (Wildman–Crippen LogP) is 5.17. The van der Waals surface area contributed by atoms with Crippen LogP contribution in [0, 0.1) is 0 Å². The minimum Gasteiger partial charge on any atom is -0.461 e. The normalized spacial score (nSPS) is 18.8. The molecule has 0 bridgehead atoms. The Labute approximate surface area is 174 Å². The maximum atomic E-state index is 12.2. The standard InChI is InChI=1S/C24H34O5/c1-3-4-5-6-7-8-9-10-14-17-21(25)28-18-20-22(19-15-12-11-13-16-19)23(26)29-24(20,2)27/h11-13,15-16,27H,3-10,14,17-18H2,1-2H3. The van der Waals surface area contributed by atoms with Crippen LogP contribution in [0.2, 0.25) is 0 Å². The van der Waals surface area contributed by atoms with Gasteiger partial charge < -0.3 is 14.6 Å². The van der Waals surface area contributed by atoms with Crippen molar-refractivity contribution in [1.29, 1.82) is 0 Å². The number of aliphatic hydroxyl groups is 1. The van der Waals surface area contributed by atoms with Gasteiger partial charge in [0.1, 0.15) is 6.61 Å². The zero-order chi connectivity index (χ0) is 21.1. The van der Waals surface area contributed by atoms with Gasteiger partial charge in [-0.15, -0.1) is 0 Å². The highest BCUT2D eigenvalue weighted by Crippen LogP contribution is 2.36. The highest BCUT2D eigenvalue weighted by atomic mass is 16.7. The van der Waals surface area contributed by atoms with E-state index in [4.69, 9.17) is 9.47 Å². The molecular formula is C24H34O5. The molecule has 0 radical (unpaired) electrons. The van der Waals surface area contributed by atoms with Crippen LogP contribution in [-0.4, -0.2) is 29.4 Å². The second kappa shape index (κ2) is 11.8. The first-order valence-corrected chi connectivity index (χ1v) is 10.9. The first-order valence-electron chi connectivity index (χ1n) is 10.9. The maximum absolute atomic E-state index is 12.2. The second-order valence-electron chi connectivity index (χ2n) is 7.83. The zero-order valence-corrected chi connectivity index (χ0v) is 17.7. The van der Waals surface area contributed by atoms with E-state index in [2.05, 4.69) is 6.92 Å². The van der Waals surface area contributed by atoms with E-state index in [0.717, 1.165) is 19.3 Å². The summed E-state index contributed by atoms with van der Waals surface area (Å²) < 4.78 is 10.4. The largest absolute Gasteiger partial charge is 0.461 e. The fraction of sp³-hybridized carbons (Fsp3) is 0.583. The van der Waals surface area contributed by atoms with Crippen LogP contribution in [-0.2, 0) is 19.1 Å². The van der Waals surface area contributed by atoms with E-state index >= 15 is 0 Å². The summed E-state index contributed by atoms with van der Waals surface area (Å²) in [4.78, 5) is 24.3. The van der Waals surface area contributed by atoms with E-state index in [1.807, 2.05) is 6.07 Å². The number of carbonyl (C=O) groups is 2. The van der Waals surface area contributed by atoms with E-state index in [1.54, 1.807) is 24.3 Å². The van der Waals surface area contributed by atoms with Gasteiger partial charge in [-0.2, -0.15) is 0 Å². The van der Waals surface area contributed by atoms with Crippen LogP contribution < -0.4 is 0 Å². The number of cyclic esters (lactones) is 1. The van der Waals surface area contributed by atoms with Crippen LogP contribution in [0.15, 0.2) is 35.9 Å². The lowest BCUT2D eigenvalue weighted by Gasteiger charge is -2.19. The number of rotatable bonds is 13. The number of esters is 2. The quantitative estimate of drug-likeness (QED) is 0.364. The molecular weight excluding hydrogens is 368 g/mol. The van der Waals surface area contributed by atoms with Crippen LogP contribution in [0.5, 0.6) is 0 Å². The Balaban J connectivity index is 1.76. The molecule has 0 amide bonds. The lowest BCUT2D eigenvalue weighted by atomic mass is 9.98. The van der Waals surface area contributed by atoms with Crippen molar-refractivity contribution in [2.24, 2.45) is 0 Å². The minimum atomic E-state index is -1.76. The van der Waals surface area contributed by atoms with Gasteiger partial charge in [-0.3, -0.25) is 4.79 Å². The van der Waals surface area contributed by atoms with Crippen molar-refractivity contribution in [3.63, 3.8) is 0 Å². The molecule has 1 aromatic rings. The van der Waals surface area contributed by atoms with Gasteiger partial charge in [0.2, 0.25) is 5.79 Å². The Morgan fingerprint density at radius 2 is 1.59 bits per heavy atom. The summed E-state index contributed by atoms with van der Waals surface area (Å²) >= 11 is 0. The summed E-state index contributed by atoms with van der Waals surface area (Å²) in [6.07, 6.45) is 11.0. The molecule has 1 heterocycles. The number of carbonyl (C=O) groups excluding carboxylic acids is 2. The molecule has 1 aliphatic heterocycles. The average Bonchev–Trinajstić information content (AvgIpc) is 2.93. The molecule has 0 saturated carbocycles. The van der Waals surface area contributed by atoms with Crippen LogP contribution in [0.25, 0.3) is 5.57 Å². The topological polar surface area (TPSA) is 72.8 Å². The van der Waals surface area contributed by atoms with Crippen molar-refractivity contribution in [2.45, 2.75) is 83.8 Å². The van der Waals surface area contributed by atoms with Gasteiger partial charge in [-0.05, 0) is 12.0 Å². The van der Waals surface area contributed by atoms with Crippen LogP contribution in [0.3, 0.4) is 0 Å². The number of hydrogen-bond acceptors (Lipinski definition) is 5. The Hall–Kier alpha value is -2.14.